The molecule has 0 radical (unpaired) electrons. The first-order valence-electron chi connectivity index (χ1n) is 5.64. The van der Waals surface area contributed by atoms with Crippen molar-refractivity contribution in [2.45, 2.75) is 24.3 Å². The molecule has 0 fully saturated rings. The topological polar surface area (TPSA) is 112 Å². The van der Waals surface area contributed by atoms with Gasteiger partial charge in [-0.05, 0) is 18.1 Å². The molecule has 1 aromatic carbocycles. The van der Waals surface area contributed by atoms with Gasteiger partial charge in [-0.25, -0.2) is 4.79 Å². The van der Waals surface area contributed by atoms with Crippen LogP contribution in [0, 0.1) is 0 Å². The zero-order chi connectivity index (χ0) is 15.4. The van der Waals surface area contributed by atoms with Gasteiger partial charge in [0.2, 0.25) is 0 Å². The highest BCUT2D eigenvalue weighted by atomic mass is 79.9. The van der Waals surface area contributed by atoms with Crippen LogP contribution in [-0.4, -0.2) is 33.0 Å². The Bertz CT molecular complexity index is 554. The average Bonchev–Trinajstić information content (AvgIpc) is 2.35. The number of carboxylic acid groups (broad SMARTS) is 2. The van der Waals surface area contributed by atoms with Crippen LogP contribution < -0.4 is 0 Å². The summed E-state index contributed by atoms with van der Waals surface area (Å²) in [5, 5.41) is 27.6. The molecular weight excluding hydrogens is 332 g/mol. The molecule has 0 aliphatic rings. The lowest BCUT2D eigenvalue weighted by Gasteiger charge is -2.18. The molecule has 108 valence electrons. The lowest BCUT2D eigenvalue weighted by molar-refractivity contribution is -0.147. The van der Waals surface area contributed by atoms with Gasteiger partial charge in [0, 0.05) is 5.56 Å². The average molecular weight is 345 g/mol. The van der Waals surface area contributed by atoms with Crippen molar-refractivity contribution in [2.75, 3.05) is 0 Å². The highest BCUT2D eigenvalue weighted by molar-refractivity contribution is 9.09. The van der Waals surface area contributed by atoms with Gasteiger partial charge in [0.15, 0.2) is 6.10 Å². The number of Topliss-reactive ketones (excluding diaryl/α,β-unsaturated/α-hetero) is 1. The lowest BCUT2D eigenvalue weighted by Crippen LogP contribution is -2.18. The zero-order valence-corrected chi connectivity index (χ0v) is 12.1. The number of rotatable bonds is 6. The molecule has 0 saturated heterocycles. The van der Waals surface area contributed by atoms with Crippen LogP contribution in [0.1, 0.15) is 34.5 Å². The fourth-order valence-corrected chi connectivity index (χ4v) is 2.25. The minimum atomic E-state index is -1.89. The number of aliphatic hydroxyl groups excluding tert-OH is 1. The predicted molar refractivity (Wildman–Crippen MR) is 72.7 cm³/mol. The van der Waals surface area contributed by atoms with Crippen LogP contribution in [0.15, 0.2) is 18.2 Å². The van der Waals surface area contributed by atoms with Gasteiger partial charge >= 0.3 is 11.9 Å². The van der Waals surface area contributed by atoms with Crippen LogP contribution >= 0.6 is 15.9 Å². The fraction of sp³-hybridized carbons (Fsp3) is 0.308. The van der Waals surface area contributed by atoms with E-state index in [4.69, 9.17) is 10.2 Å². The van der Waals surface area contributed by atoms with E-state index in [1.54, 1.807) is 0 Å². The predicted octanol–water partition coefficient (Wildman–Crippen LogP) is 1.46. The largest absolute Gasteiger partial charge is 0.481 e. The Kier molecular flexibility index (Phi) is 5.41. The van der Waals surface area contributed by atoms with E-state index >= 15 is 0 Å². The van der Waals surface area contributed by atoms with Crippen molar-refractivity contribution in [2.24, 2.45) is 0 Å². The van der Waals surface area contributed by atoms with Crippen LogP contribution in [0.2, 0.25) is 0 Å². The second-order valence-electron chi connectivity index (χ2n) is 4.20. The second kappa shape index (κ2) is 6.62. The molecule has 0 spiro atoms. The number of aliphatic hydroxyl groups is 1. The van der Waals surface area contributed by atoms with Crippen LogP contribution in [-0.2, 0) is 20.8 Å². The molecule has 1 rings (SSSR count). The Balaban J connectivity index is 3.47. The molecule has 0 heterocycles. The number of ketones is 1. The second-order valence-corrected chi connectivity index (χ2v) is 5.12. The van der Waals surface area contributed by atoms with E-state index in [1.165, 1.54) is 25.1 Å². The van der Waals surface area contributed by atoms with E-state index in [0.29, 0.717) is 0 Å². The van der Waals surface area contributed by atoms with Gasteiger partial charge in [-0.3, -0.25) is 9.59 Å². The SMILES string of the molecule is CC(=O)C(Br)c1cccc(CC(=O)O)c1C(O)C(=O)O. The van der Waals surface area contributed by atoms with Gasteiger partial charge in [0.25, 0.3) is 0 Å². The maximum atomic E-state index is 11.4. The number of carbonyl (C=O) groups excluding carboxylic acids is 1. The van der Waals surface area contributed by atoms with Crippen molar-refractivity contribution in [1.29, 1.82) is 0 Å². The number of aliphatic carboxylic acids is 2. The summed E-state index contributed by atoms with van der Waals surface area (Å²) in [5.41, 5.74) is 0.362. The number of halogens is 1. The quantitative estimate of drug-likeness (QED) is 0.673. The monoisotopic (exact) mass is 344 g/mol. The highest BCUT2D eigenvalue weighted by Crippen LogP contribution is 2.33. The molecule has 3 N–H and O–H groups in total. The standard InChI is InChI=1S/C13H13BrO6/c1-6(15)11(14)8-4-2-3-7(5-9(16)17)10(8)12(18)13(19)20/h2-4,11-12,18H,5H2,1H3,(H,16,17)(H,19,20). The Hall–Kier alpha value is -1.73. The number of alkyl halides is 1. The summed E-state index contributed by atoms with van der Waals surface area (Å²) in [6.45, 7) is 1.31. The Labute approximate surface area is 123 Å². The van der Waals surface area contributed by atoms with Crippen LogP contribution in [0.3, 0.4) is 0 Å². The minimum absolute atomic E-state index is 0.0560. The summed E-state index contributed by atoms with van der Waals surface area (Å²) in [5.74, 6) is -2.95. The molecule has 1 aromatic rings. The molecule has 7 heteroatoms. The fourth-order valence-electron chi connectivity index (χ4n) is 1.85. The van der Waals surface area contributed by atoms with Gasteiger partial charge < -0.3 is 15.3 Å². The van der Waals surface area contributed by atoms with Gasteiger partial charge in [-0.1, -0.05) is 34.1 Å². The molecule has 20 heavy (non-hydrogen) atoms. The van der Waals surface area contributed by atoms with Gasteiger partial charge in [-0.15, -0.1) is 0 Å². The lowest BCUT2D eigenvalue weighted by atomic mass is 9.92. The molecule has 0 aromatic heterocycles. The van der Waals surface area contributed by atoms with Crippen molar-refractivity contribution in [3.63, 3.8) is 0 Å². The van der Waals surface area contributed by atoms with Crippen molar-refractivity contribution < 1.29 is 29.7 Å². The van der Waals surface area contributed by atoms with E-state index in [-0.39, 0.29) is 22.5 Å². The minimum Gasteiger partial charge on any atom is -0.481 e. The third-order valence-corrected chi connectivity index (χ3v) is 3.85. The highest BCUT2D eigenvalue weighted by Gasteiger charge is 2.27. The third-order valence-electron chi connectivity index (χ3n) is 2.71. The summed E-state index contributed by atoms with van der Waals surface area (Å²) < 4.78 is 0. The van der Waals surface area contributed by atoms with Crippen molar-refractivity contribution >= 4 is 33.7 Å². The first-order valence-corrected chi connectivity index (χ1v) is 6.56. The normalized spacial score (nSPS) is 13.6. The van der Waals surface area contributed by atoms with E-state index in [0.717, 1.165) is 0 Å². The first-order chi connectivity index (χ1) is 9.25. The smallest absolute Gasteiger partial charge is 0.337 e. The molecule has 0 amide bonds. The van der Waals surface area contributed by atoms with E-state index in [2.05, 4.69) is 15.9 Å². The van der Waals surface area contributed by atoms with Crippen LogP contribution in [0.5, 0.6) is 0 Å². The first kappa shape index (κ1) is 16.3. The molecule has 0 saturated carbocycles. The number of carbonyl (C=O) groups is 3. The summed E-state index contributed by atoms with van der Waals surface area (Å²) >= 11 is 3.12. The molecular formula is C13H13BrO6. The van der Waals surface area contributed by atoms with Crippen molar-refractivity contribution in [1.82, 2.24) is 0 Å². The molecule has 6 nitrogen and oxygen atoms in total. The molecule has 0 bridgehead atoms. The maximum Gasteiger partial charge on any atom is 0.337 e. The molecule has 2 atom stereocenters. The zero-order valence-electron chi connectivity index (χ0n) is 10.5. The molecule has 2 unspecified atom stereocenters. The third kappa shape index (κ3) is 3.64. The summed E-state index contributed by atoms with van der Waals surface area (Å²) in [4.78, 5) is 32.4. The number of benzene rings is 1. The summed E-state index contributed by atoms with van der Waals surface area (Å²) in [7, 11) is 0. The Morgan fingerprint density at radius 2 is 1.85 bits per heavy atom. The van der Waals surface area contributed by atoms with E-state index in [1.807, 2.05) is 0 Å². The van der Waals surface area contributed by atoms with Gasteiger partial charge in [0.05, 0.1) is 11.2 Å². The van der Waals surface area contributed by atoms with Crippen LogP contribution in [0.25, 0.3) is 0 Å². The maximum absolute atomic E-state index is 11.4. The van der Waals surface area contributed by atoms with E-state index in [9.17, 15) is 19.5 Å². The van der Waals surface area contributed by atoms with Crippen molar-refractivity contribution in [3.8, 4) is 0 Å². The van der Waals surface area contributed by atoms with Crippen molar-refractivity contribution in [3.05, 3.63) is 34.9 Å². The number of hydrogen-bond donors (Lipinski definition) is 3. The Morgan fingerprint density at radius 3 is 2.30 bits per heavy atom. The van der Waals surface area contributed by atoms with Gasteiger partial charge in [-0.2, -0.15) is 0 Å². The van der Waals surface area contributed by atoms with Crippen LogP contribution in [0.4, 0.5) is 0 Å². The number of carboxylic acids is 2. The van der Waals surface area contributed by atoms with Gasteiger partial charge in [0.1, 0.15) is 5.78 Å². The number of hydrogen-bond acceptors (Lipinski definition) is 4. The molecule has 0 aliphatic carbocycles. The molecule has 0 aliphatic heterocycles. The van der Waals surface area contributed by atoms with E-state index < -0.39 is 29.3 Å². The summed E-state index contributed by atoms with van der Waals surface area (Å²) in [6, 6.07) is 4.41. The summed E-state index contributed by atoms with van der Waals surface area (Å²) in [6.07, 6.45) is -2.33. The Morgan fingerprint density at radius 1 is 1.25 bits per heavy atom.